The third kappa shape index (κ3) is 4.58. The number of hydrogen-bond acceptors (Lipinski definition) is 7. The molecule has 3 rings (SSSR count). The molecule has 0 spiro atoms. The lowest BCUT2D eigenvalue weighted by molar-refractivity contribution is -0.0498. The number of aromatic nitrogens is 3. The molecule has 0 bridgehead atoms. The van der Waals surface area contributed by atoms with Crippen molar-refractivity contribution in [1.82, 2.24) is 14.9 Å². The van der Waals surface area contributed by atoms with Crippen LogP contribution in [-0.2, 0) is 10.5 Å². The van der Waals surface area contributed by atoms with E-state index in [0.29, 0.717) is 27.9 Å². The number of nitrogen functional groups attached to an aromatic ring is 1. The first-order chi connectivity index (χ1) is 13.5. The fraction of sp³-hybridized carbons (Fsp3) is 0.167. The second-order valence-electron chi connectivity index (χ2n) is 5.56. The Morgan fingerprint density at radius 3 is 2.43 bits per heavy atom. The Morgan fingerprint density at radius 1 is 1.14 bits per heavy atom. The Morgan fingerprint density at radius 2 is 1.82 bits per heavy atom. The highest BCUT2D eigenvalue weighted by molar-refractivity contribution is 7.98. The normalized spacial score (nSPS) is 10.9. The lowest BCUT2D eigenvalue weighted by Crippen LogP contribution is -2.11. The molecule has 7 nitrogen and oxygen atoms in total. The maximum absolute atomic E-state index is 12.2. The van der Waals surface area contributed by atoms with Crippen molar-refractivity contribution in [2.45, 2.75) is 17.5 Å². The molecule has 146 valence electrons. The zero-order valence-electron chi connectivity index (χ0n) is 14.7. The molecule has 3 aromatic rings. The van der Waals surface area contributed by atoms with Crippen molar-refractivity contribution in [3.05, 3.63) is 59.7 Å². The number of carbonyl (C=O) groups is 1. The highest BCUT2D eigenvalue weighted by atomic mass is 32.2. The number of nitrogens with zero attached hydrogens (tertiary/aromatic N) is 3. The van der Waals surface area contributed by atoms with E-state index in [0.717, 1.165) is 5.56 Å². The molecule has 0 aliphatic carbocycles. The molecule has 0 aliphatic heterocycles. The molecular formula is C18H16F2N4O3S. The first-order valence-corrected chi connectivity index (χ1v) is 9.02. The van der Waals surface area contributed by atoms with Gasteiger partial charge in [-0.05, 0) is 42.0 Å². The number of hydrogen-bond donors (Lipinski definition) is 1. The van der Waals surface area contributed by atoms with E-state index < -0.39 is 12.6 Å². The van der Waals surface area contributed by atoms with Gasteiger partial charge in [-0.2, -0.15) is 8.78 Å². The van der Waals surface area contributed by atoms with Crippen molar-refractivity contribution in [3.63, 3.8) is 0 Å². The molecule has 0 unspecified atom stereocenters. The van der Waals surface area contributed by atoms with E-state index in [1.807, 2.05) is 12.1 Å². The monoisotopic (exact) mass is 406 g/mol. The van der Waals surface area contributed by atoms with Gasteiger partial charge in [0.1, 0.15) is 5.75 Å². The molecule has 0 amide bonds. The average molecular weight is 406 g/mol. The van der Waals surface area contributed by atoms with Gasteiger partial charge in [-0.25, -0.2) is 9.47 Å². The van der Waals surface area contributed by atoms with Gasteiger partial charge in [0.25, 0.3) is 0 Å². The summed E-state index contributed by atoms with van der Waals surface area (Å²) in [6.45, 7) is -2.88. The van der Waals surface area contributed by atoms with E-state index in [4.69, 9.17) is 5.84 Å². The molecule has 0 radical (unpaired) electrons. The minimum Gasteiger partial charge on any atom is -0.465 e. The van der Waals surface area contributed by atoms with Gasteiger partial charge < -0.3 is 15.3 Å². The summed E-state index contributed by atoms with van der Waals surface area (Å²) in [5, 5.41) is 8.60. The summed E-state index contributed by atoms with van der Waals surface area (Å²) >= 11 is 1.37. The topological polar surface area (TPSA) is 92.3 Å². The minimum absolute atomic E-state index is 0.0480. The number of thioether (sulfide) groups is 1. The van der Waals surface area contributed by atoms with E-state index in [-0.39, 0.29) is 5.75 Å². The van der Waals surface area contributed by atoms with Crippen LogP contribution in [0.4, 0.5) is 8.78 Å². The summed E-state index contributed by atoms with van der Waals surface area (Å²) in [5.41, 5.74) is 2.06. The second-order valence-corrected chi connectivity index (χ2v) is 6.50. The van der Waals surface area contributed by atoms with Crippen molar-refractivity contribution in [2.24, 2.45) is 0 Å². The second kappa shape index (κ2) is 8.70. The van der Waals surface area contributed by atoms with Gasteiger partial charge in [0, 0.05) is 11.3 Å². The third-order valence-electron chi connectivity index (χ3n) is 3.75. The molecule has 0 aliphatic rings. The van der Waals surface area contributed by atoms with Crippen molar-refractivity contribution in [3.8, 4) is 17.1 Å². The molecule has 2 aromatic carbocycles. The lowest BCUT2D eigenvalue weighted by atomic mass is 10.1. The molecule has 0 saturated carbocycles. The Kier molecular flexibility index (Phi) is 6.09. The van der Waals surface area contributed by atoms with Crippen LogP contribution in [0, 0.1) is 0 Å². The number of nitrogens with two attached hydrogens (primary N) is 1. The van der Waals surface area contributed by atoms with Crippen LogP contribution in [0.2, 0.25) is 0 Å². The van der Waals surface area contributed by atoms with E-state index in [1.165, 1.54) is 35.7 Å². The first kappa shape index (κ1) is 19.6. The number of ether oxygens (including phenoxy) is 2. The summed E-state index contributed by atoms with van der Waals surface area (Å²) < 4.78 is 34.8. The minimum atomic E-state index is -2.88. The smallest absolute Gasteiger partial charge is 0.387 e. The number of carbonyl (C=O) groups excluding carboxylic acids is 1. The molecule has 1 heterocycles. The van der Waals surface area contributed by atoms with Gasteiger partial charge in [0.2, 0.25) is 5.16 Å². The molecule has 2 N–H and O–H groups in total. The van der Waals surface area contributed by atoms with Crippen LogP contribution in [-0.4, -0.2) is 34.6 Å². The van der Waals surface area contributed by atoms with Crippen LogP contribution in [0.5, 0.6) is 5.75 Å². The SMILES string of the molecule is COC(=O)c1ccc(CSc2nnc(-c3ccc(OC(F)F)cc3)n2N)cc1. The molecule has 0 saturated heterocycles. The van der Waals surface area contributed by atoms with Gasteiger partial charge in [-0.1, -0.05) is 23.9 Å². The van der Waals surface area contributed by atoms with Gasteiger partial charge in [-0.15, -0.1) is 10.2 Å². The van der Waals surface area contributed by atoms with Gasteiger partial charge in [0.05, 0.1) is 12.7 Å². The molecule has 10 heteroatoms. The fourth-order valence-corrected chi connectivity index (χ4v) is 3.17. The van der Waals surface area contributed by atoms with Gasteiger partial charge >= 0.3 is 12.6 Å². The van der Waals surface area contributed by atoms with Crippen LogP contribution in [0.15, 0.2) is 53.7 Å². The van der Waals surface area contributed by atoms with Crippen molar-refractivity contribution < 1.29 is 23.0 Å². The number of halogens is 2. The van der Waals surface area contributed by atoms with Crippen LogP contribution in [0.1, 0.15) is 15.9 Å². The van der Waals surface area contributed by atoms with E-state index >= 15 is 0 Å². The van der Waals surface area contributed by atoms with Gasteiger partial charge in [-0.3, -0.25) is 0 Å². The highest BCUT2D eigenvalue weighted by Crippen LogP contribution is 2.26. The number of benzene rings is 2. The van der Waals surface area contributed by atoms with Crippen LogP contribution in [0.25, 0.3) is 11.4 Å². The third-order valence-corrected chi connectivity index (χ3v) is 4.76. The van der Waals surface area contributed by atoms with Crippen molar-refractivity contribution in [2.75, 3.05) is 13.0 Å². The summed E-state index contributed by atoms with van der Waals surface area (Å²) in [4.78, 5) is 11.4. The molecule has 0 atom stereocenters. The molecule has 1 aromatic heterocycles. The quantitative estimate of drug-likeness (QED) is 0.365. The zero-order valence-corrected chi connectivity index (χ0v) is 15.5. The summed E-state index contributed by atoms with van der Waals surface area (Å²) in [5.74, 6) is 6.68. The Balaban J connectivity index is 1.67. The van der Waals surface area contributed by atoms with Crippen LogP contribution < -0.4 is 10.6 Å². The Labute approximate surface area is 163 Å². The average Bonchev–Trinajstić information content (AvgIpc) is 3.07. The van der Waals surface area contributed by atoms with E-state index in [9.17, 15) is 13.6 Å². The van der Waals surface area contributed by atoms with Crippen molar-refractivity contribution in [1.29, 1.82) is 0 Å². The number of esters is 1. The van der Waals surface area contributed by atoms with Crippen molar-refractivity contribution >= 4 is 17.7 Å². The molecule has 0 fully saturated rings. The van der Waals surface area contributed by atoms with E-state index in [1.54, 1.807) is 24.3 Å². The summed E-state index contributed by atoms with van der Waals surface area (Å²) in [7, 11) is 1.33. The summed E-state index contributed by atoms with van der Waals surface area (Å²) in [6, 6.07) is 13.0. The Hall–Kier alpha value is -3.14. The van der Waals surface area contributed by atoms with E-state index in [2.05, 4.69) is 19.7 Å². The zero-order chi connectivity index (χ0) is 20.1. The van der Waals surface area contributed by atoms with Crippen LogP contribution >= 0.6 is 11.8 Å². The lowest BCUT2D eigenvalue weighted by Gasteiger charge is -2.06. The number of rotatable bonds is 7. The summed E-state index contributed by atoms with van der Waals surface area (Å²) in [6.07, 6.45) is 0. The van der Waals surface area contributed by atoms with Gasteiger partial charge in [0.15, 0.2) is 5.82 Å². The Bertz CT molecular complexity index is 946. The number of methoxy groups -OCH3 is 1. The number of alkyl halides is 2. The predicted octanol–water partition coefficient (Wildman–Crippen LogP) is 3.34. The van der Waals surface area contributed by atoms with Crippen LogP contribution in [0.3, 0.4) is 0 Å². The fourth-order valence-electron chi connectivity index (χ4n) is 2.36. The maximum atomic E-state index is 12.2. The standard InChI is InChI=1S/C18H16F2N4O3S/c1-26-16(25)13-4-2-11(3-5-13)10-28-18-23-22-15(24(18)21)12-6-8-14(9-7-12)27-17(19)20/h2-9,17H,10,21H2,1H3. The predicted molar refractivity (Wildman–Crippen MR) is 99.6 cm³/mol. The molecule has 28 heavy (non-hydrogen) atoms. The molecular weight excluding hydrogens is 390 g/mol. The largest absolute Gasteiger partial charge is 0.465 e. The maximum Gasteiger partial charge on any atom is 0.387 e. The first-order valence-electron chi connectivity index (χ1n) is 8.03. The highest BCUT2D eigenvalue weighted by Gasteiger charge is 2.13.